The molecule has 1 heterocycles. The van der Waals surface area contributed by atoms with Crippen LogP contribution in [0.4, 0.5) is 5.69 Å². The van der Waals surface area contributed by atoms with Gasteiger partial charge in [0.15, 0.2) is 0 Å². The van der Waals surface area contributed by atoms with E-state index in [0.29, 0.717) is 13.2 Å². The molecule has 1 amide bonds. The summed E-state index contributed by atoms with van der Waals surface area (Å²) in [6.45, 7) is 6.63. The molecule has 1 aliphatic rings. The van der Waals surface area contributed by atoms with Crippen molar-refractivity contribution in [2.24, 2.45) is 0 Å². The normalized spacial score (nSPS) is 16.0. The number of hydrogen-bond acceptors (Lipinski definition) is 3. The molecule has 114 valence electrons. The molecule has 4 nitrogen and oxygen atoms in total. The quantitative estimate of drug-likeness (QED) is 0.818. The van der Waals surface area contributed by atoms with Crippen LogP contribution in [0.2, 0.25) is 0 Å². The minimum absolute atomic E-state index is 0.0525. The fraction of sp³-hybridized carbons (Fsp3) is 0.471. The second-order valence-electron chi connectivity index (χ2n) is 5.36. The van der Waals surface area contributed by atoms with Gasteiger partial charge in [-0.1, -0.05) is 25.5 Å². The van der Waals surface area contributed by atoms with Crippen molar-refractivity contribution in [3.05, 3.63) is 36.9 Å². The number of nitrogens with zero attached hydrogens (tertiary/aromatic N) is 1. The standard InChI is InChI=1S/C17H24N2O2/c1-2-13-21-16-9-7-15(8-10-16)18-17(20)14-19-11-5-3-4-6-12-19/h2,7-10H,1,3-6,11-14H2,(H,18,20). The molecule has 1 saturated heterocycles. The van der Waals surface area contributed by atoms with Gasteiger partial charge in [0.05, 0.1) is 6.54 Å². The van der Waals surface area contributed by atoms with Crippen molar-refractivity contribution in [2.75, 3.05) is 31.6 Å². The molecule has 0 saturated carbocycles. The summed E-state index contributed by atoms with van der Waals surface area (Å²) in [5.41, 5.74) is 0.806. The number of ether oxygens (including phenoxy) is 1. The molecule has 1 fully saturated rings. The van der Waals surface area contributed by atoms with Crippen LogP contribution in [-0.2, 0) is 4.79 Å². The Morgan fingerprint density at radius 1 is 1.19 bits per heavy atom. The van der Waals surface area contributed by atoms with E-state index in [4.69, 9.17) is 4.74 Å². The SMILES string of the molecule is C=CCOc1ccc(NC(=O)CN2CCCCCC2)cc1. The van der Waals surface area contributed by atoms with Crippen LogP contribution < -0.4 is 10.1 Å². The Kier molecular flexibility index (Phi) is 6.28. The van der Waals surface area contributed by atoms with E-state index in [1.807, 2.05) is 24.3 Å². The highest BCUT2D eigenvalue weighted by Crippen LogP contribution is 2.16. The molecular weight excluding hydrogens is 264 g/mol. The number of likely N-dealkylation sites (tertiary alicyclic amines) is 1. The topological polar surface area (TPSA) is 41.6 Å². The number of nitrogens with one attached hydrogen (secondary N) is 1. The van der Waals surface area contributed by atoms with Crippen molar-refractivity contribution in [3.63, 3.8) is 0 Å². The van der Waals surface area contributed by atoms with E-state index in [1.165, 1.54) is 25.7 Å². The second kappa shape index (κ2) is 8.47. The number of rotatable bonds is 6. The predicted octanol–water partition coefficient (Wildman–Crippen LogP) is 3.07. The molecular formula is C17H24N2O2. The molecule has 1 N–H and O–H groups in total. The van der Waals surface area contributed by atoms with E-state index in [9.17, 15) is 4.79 Å². The fourth-order valence-electron chi connectivity index (χ4n) is 2.49. The van der Waals surface area contributed by atoms with E-state index < -0.39 is 0 Å². The van der Waals surface area contributed by atoms with Gasteiger partial charge in [-0.15, -0.1) is 0 Å². The highest BCUT2D eigenvalue weighted by molar-refractivity contribution is 5.92. The van der Waals surface area contributed by atoms with Crippen molar-refractivity contribution in [1.29, 1.82) is 0 Å². The van der Waals surface area contributed by atoms with Crippen molar-refractivity contribution < 1.29 is 9.53 Å². The first kappa shape index (κ1) is 15.6. The zero-order valence-electron chi connectivity index (χ0n) is 12.5. The Labute approximate surface area is 126 Å². The summed E-state index contributed by atoms with van der Waals surface area (Å²) in [5.74, 6) is 0.831. The van der Waals surface area contributed by atoms with Crippen LogP contribution in [-0.4, -0.2) is 37.0 Å². The molecule has 0 radical (unpaired) electrons. The number of hydrogen-bond donors (Lipinski definition) is 1. The number of carbonyl (C=O) groups excluding carboxylic acids is 1. The molecule has 2 rings (SSSR count). The van der Waals surface area contributed by atoms with Gasteiger partial charge in [0.25, 0.3) is 0 Å². The summed E-state index contributed by atoms with van der Waals surface area (Å²) in [6.07, 6.45) is 6.66. The van der Waals surface area contributed by atoms with Gasteiger partial charge in [0, 0.05) is 5.69 Å². The number of carbonyl (C=O) groups is 1. The van der Waals surface area contributed by atoms with Gasteiger partial charge >= 0.3 is 0 Å². The first-order valence-corrected chi connectivity index (χ1v) is 7.64. The predicted molar refractivity (Wildman–Crippen MR) is 85.7 cm³/mol. The summed E-state index contributed by atoms with van der Waals surface area (Å²) in [4.78, 5) is 14.3. The maximum atomic E-state index is 12.1. The molecule has 0 bridgehead atoms. The minimum atomic E-state index is 0.0525. The largest absolute Gasteiger partial charge is 0.490 e. The van der Waals surface area contributed by atoms with Crippen LogP contribution in [0.25, 0.3) is 0 Å². The molecule has 1 aromatic carbocycles. The van der Waals surface area contributed by atoms with Gasteiger partial charge in [-0.3, -0.25) is 9.69 Å². The lowest BCUT2D eigenvalue weighted by Crippen LogP contribution is -2.33. The zero-order valence-corrected chi connectivity index (χ0v) is 12.5. The number of amides is 1. The third kappa shape index (κ3) is 5.60. The van der Waals surface area contributed by atoms with Gasteiger partial charge in [-0.2, -0.15) is 0 Å². The first-order valence-electron chi connectivity index (χ1n) is 7.64. The van der Waals surface area contributed by atoms with Crippen molar-refractivity contribution >= 4 is 11.6 Å². The fourth-order valence-corrected chi connectivity index (χ4v) is 2.49. The Balaban J connectivity index is 1.79. The van der Waals surface area contributed by atoms with Gasteiger partial charge < -0.3 is 10.1 Å². The summed E-state index contributed by atoms with van der Waals surface area (Å²) in [6, 6.07) is 7.42. The lowest BCUT2D eigenvalue weighted by molar-refractivity contribution is -0.117. The molecule has 4 heteroatoms. The average molecular weight is 288 g/mol. The Hall–Kier alpha value is -1.81. The molecule has 1 aliphatic heterocycles. The summed E-state index contributed by atoms with van der Waals surface area (Å²) in [5, 5.41) is 2.94. The van der Waals surface area contributed by atoms with Crippen LogP contribution in [0.5, 0.6) is 5.75 Å². The van der Waals surface area contributed by atoms with Crippen LogP contribution in [0.15, 0.2) is 36.9 Å². The van der Waals surface area contributed by atoms with Crippen LogP contribution in [0.1, 0.15) is 25.7 Å². The summed E-state index contributed by atoms with van der Waals surface area (Å²) < 4.78 is 5.41. The maximum absolute atomic E-state index is 12.1. The van der Waals surface area contributed by atoms with E-state index in [0.717, 1.165) is 24.5 Å². The molecule has 0 aliphatic carbocycles. The molecule has 0 atom stereocenters. The van der Waals surface area contributed by atoms with Gasteiger partial charge in [-0.25, -0.2) is 0 Å². The van der Waals surface area contributed by atoms with E-state index in [-0.39, 0.29) is 5.91 Å². The highest BCUT2D eigenvalue weighted by Gasteiger charge is 2.12. The average Bonchev–Trinajstić information content (AvgIpc) is 2.75. The smallest absolute Gasteiger partial charge is 0.238 e. The summed E-state index contributed by atoms with van der Waals surface area (Å²) >= 11 is 0. The van der Waals surface area contributed by atoms with Crippen molar-refractivity contribution in [3.8, 4) is 5.75 Å². The van der Waals surface area contributed by atoms with Crippen molar-refractivity contribution in [1.82, 2.24) is 4.90 Å². The van der Waals surface area contributed by atoms with Crippen LogP contribution in [0, 0.1) is 0 Å². The molecule has 0 unspecified atom stereocenters. The molecule has 21 heavy (non-hydrogen) atoms. The van der Waals surface area contributed by atoms with E-state index >= 15 is 0 Å². The first-order chi connectivity index (χ1) is 10.3. The highest BCUT2D eigenvalue weighted by atomic mass is 16.5. The third-order valence-electron chi connectivity index (χ3n) is 3.57. The van der Waals surface area contributed by atoms with Crippen molar-refractivity contribution in [2.45, 2.75) is 25.7 Å². The van der Waals surface area contributed by atoms with E-state index in [1.54, 1.807) is 6.08 Å². The van der Waals surface area contributed by atoms with Gasteiger partial charge in [0.2, 0.25) is 5.91 Å². The van der Waals surface area contributed by atoms with Crippen LogP contribution in [0.3, 0.4) is 0 Å². The van der Waals surface area contributed by atoms with Gasteiger partial charge in [-0.05, 0) is 50.2 Å². The maximum Gasteiger partial charge on any atom is 0.238 e. The zero-order chi connectivity index (χ0) is 14.9. The van der Waals surface area contributed by atoms with Gasteiger partial charge in [0.1, 0.15) is 12.4 Å². The summed E-state index contributed by atoms with van der Waals surface area (Å²) in [7, 11) is 0. The molecule has 0 aromatic heterocycles. The Morgan fingerprint density at radius 2 is 1.86 bits per heavy atom. The molecule has 0 spiro atoms. The lowest BCUT2D eigenvalue weighted by Gasteiger charge is -2.19. The molecule has 1 aromatic rings. The monoisotopic (exact) mass is 288 g/mol. The third-order valence-corrected chi connectivity index (χ3v) is 3.57. The number of benzene rings is 1. The number of anilines is 1. The second-order valence-corrected chi connectivity index (χ2v) is 5.36. The lowest BCUT2D eigenvalue weighted by atomic mass is 10.2. The van der Waals surface area contributed by atoms with E-state index in [2.05, 4.69) is 16.8 Å². The Bertz CT molecular complexity index is 448. The van der Waals surface area contributed by atoms with Crippen LogP contribution >= 0.6 is 0 Å². The minimum Gasteiger partial charge on any atom is -0.490 e. The Morgan fingerprint density at radius 3 is 2.48 bits per heavy atom.